The van der Waals surface area contributed by atoms with E-state index in [1.54, 1.807) is 0 Å². The van der Waals surface area contributed by atoms with Crippen molar-refractivity contribution in [2.24, 2.45) is 5.92 Å². The second-order valence-electron chi connectivity index (χ2n) is 7.20. The van der Waals surface area contributed by atoms with Gasteiger partial charge in [0.1, 0.15) is 12.1 Å². The van der Waals surface area contributed by atoms with Gasteiger partial charge in [-0.1, -0.05) is 17.7 Å². The summed E-state index contributed by atoms with van der Waals surface area (Å²) in [5.41, 5.74) is 1.95. The number of cyclic esters (lactones) is 1. The van der Waals surface area contributed by atoms with E-state index in [1.807, 2.05) is 38.1 Å². The average molecular weight is 345 g/mol. The first kappa shape index (κ1) is 17.7. The fourth-order valence-electron chi connectivity index (χ4n) is 3.63. The monoisotopic (exact) mass is 345 g/mol. The number of urea groups is 1. The van der Waals surface area contributed by atoms with E-state index in [4.69, 9.17) is 4.74 Å². The number of piperidine rings is 1. The number of hydrogen-bond donors (Lipinski definition) is 2. The summed E-state index contributed by atoms with van der Waals surface area (Å²) in [6.45, 7) is 6.33. The number of nitrogens with one attached hydrogen (secondary N) is 2. The Morgan fingerprint density at radius 1 is 1.32 bits per heavy atom. The predicted octanol–water partition coefficient (Wildman–Crippen LogP) is 2.53. The molecule has 0 aliphatic carbocycles. The van der Waals surface area contributed by atoms with Crippen molar-refractivity contribution < 1.29 is 14.3 Å². The number of anilines is 1. The number of carbonyl (C=O) groups is 2. The number of hydrogen-bond acceptors (Lipinski definition) is 4. The number of carbonyl (C=O) groups excluding carboxylic acids is 2. The van der Waals surface area contributed by atoms with Crippen LogP contribution in [-0.2, 0) is 9.53 Å². The molecule has 2 aliphatic rings. The molecule has 0 unspecified atom stereocenters. The lowest BCUT2D eigenvalue weighted by atomic mass is 9.96. The molecule has 2 amide bonds. The number of esters is 1. The Labute approximate surface area is 148 Å². The minimum atomic E-state index is -0.185. The Kier molecular flexibility index (Phi) is 5.58. The van der Waals surface area contributed by atoms with Crippen molar-refractivity contribution in [3.63, 3.8) is 0 Å². The van der Waals surface area contributed by atoms with E-state index in [0.29, 0.717) is 12.5 Å². The minimum absolute atomic E-state index is 0.0105. The van der Waals surface area contributed by atoms with E-state index in [9.17, 15) is 9.59 Å². The zero-order valence-electron chi connectivity index (χ0n) is 15.0. The highest BCUT2D eigenvalue weighted by molar-refractivity contribution is 5.89. The van der Waals surface area contributed by atoms with Gasteiger partial charge in [0.25, 0.3) is 0 Å². The highest BCUT2D eigenvalue weighted by Gasteiger charge is 2.38. The van der Waals surface area contributed by atoms with Gasteiger partial charge in [-0.05, 0) is 51.3 Å². The lowest BCUT2D eigenvalue weighted by molar-refractivity contribution is -0.145. The fraction of sp³-hybridized carbons (Fsp3) is 0.579. The van der Waals surface area contributed by atoms with Gasteiger partial charge >= 0.3 is 12.0 Å². The smallest absolute Gasteiger partial charge is 0.323 e. The number of likely N-dealkylation sites (tertiary alicyclic amines) is 1. The summed E-state index contributed by atoms with van der Waals surface area (Å²) < 4.78 is 5.27. The van der Waals surface area contributed by atoms with Gasteiger partial charge in [0.2, 0.25) is 0 Å². The number of aryl methyl sites for hydroxylation is 1. The lowest BCUT2D eigenvalue weighted by Gasteiger charge is -2.35. The number of rotatable bonds is 4. The van der Waals surface area contributed by atoms with Crippen molar-refractivity contribution >= 4 is 17.7 Å². The number of benzene rings is 1. The third kappa shape index (κ3) is 4.72. The second-order valence-corrected chi connectivity index (χ2v) is 7.20. The molecule has 0 saturated carbocycles. The zero-order valence-corrected chi connectivity index (χ0v) is 15.0. The first-order chi connectivity index (χ1) is 12.0. The van der Waals surface area contributed by atoms with Gasteiger partial charge in [-0.25, -0.2) is 4.79 Å². The van der Waals surface area contributed by atoms with E-state index in [1.165, 1.54) is 0 Å². The highest BCUT2D eigenvalue weighted by atomic mass is 16.6. The molecule has 0 bridgehead atoms. The average Bonchev–Trinajstić information content (AvgIpc) is 2.94. The molecule has 1 aromatic rings. The van der Waals surface area contributed by atoms with E-state index >= 15 is 0 Å². The molecule has 2 aliphatic heterocycles. The van der Waals surface area contributed by atoms with Crippen LogP contribution in [0.4, 0.5) is 10.5 Å². The molecule has 1 aromatic carbocycles. The molecule has 6 heteroatoms. The molecule has 3 rings (SSSR count). The normalized spacial score (nSPS) is 27.0. The highest BCUT2D eigenvalue weighted by Crippen LogP contribution is 2.25. The Morgan fingerprint density at radius 3 is 2.76 bits per heavy atom. The zero-order chi connectivity index (χ0) is 17.8. The largest absolute Gasteiger partial charge is 0.461 e. The molecule has 2 heterocycles. The maximum Gasteiger partial charge on any atom is 0.323 e. The predicted molar refractivity (Wildman–Crippen MR) is 96.5 cm³/mol. The van der Waals surface area contributed by atoms with Crippen LogP contribution in [-0.4, -0.2) is 48.7 Å². The van der Waals surface area contributed by atoms with E-state index in [-0.39, 0.29) is 24.1 Å². The third-order valence-electron chi connectivity index (χ3n) is 5.00. The van der Waals surface area contributed by atoms with Crippen molar-refractivity contribution in [2.45, 2.75) is 45.3 Å². The van der Waals surface area contributed by atoms with Gasteiger partial charge in [-0.3, -0.25) is 9.69 Å². The maximum atomic E-state index is 12.1. The first-order valence-corrected chi connectivity index (χ1v) is 9.07. The van der Waals surface area contributed by atoms with Crippen LogP contribution in [0.25, 0.3) is 0 Å². The first-order valence-electron chi connectivity index (χ1n) is 9.07. The topological polar surface area (TPSA) is 70.7 Å². The molecule has 0 aromatic heterocycles. The summed E-state index contributed by atoms with van der Waals surface area (Å²) in [5, 5.41) is 5.80. The van der Waals surface area contributed by atoms with Crippen molar-refractivity contribution in [1.29, 1.82) is 0 Å². The van der Waals surface area contributed by atoms with Crippen molar-refractivity contribution in [3.05, 3.63) is 29.8 Å². The summed E-state index contributed by atoms with van der Waals surface area (Å²) in [5.74, 6) is 0.263. The quantitative estimate of drug-likeness (QED) is 0.823. The van der Waals surface area contributed by atoms with Crippen molar-refractivity contribution in [3.8, 4) is 0 Å². The standard InChI is InChI=1S/C19H27N3O3/c1-13-5-7-16(8-6-13)21-19(24)20-11-15-4-3-9-22(12-15)17-10-14(2)25-18(17)23/h5-8,14-15,17H,3-4,9-12H2,1-2H3,(H2,20,21,24)/t14-,15+,17+/m1/s1. The molecular formula is C19H27N3O3. The van der Waals surface area contributed by atoms with Crippen LogP contribution in [0.1, 0.15) is 31.7 Å². The molecule has 25 heavy (non-hydrogen) atoms. The summed E-state index contributed by atoms with van der Waals surface area (Å²) in [6, 6.07) is 7.43. The maximum absolute atomic E-state index is 12.1. The van der Waals surface area contributed by atoms with E-state index < -0.39 is 0 Å². The number of ether oxygens (including phenoxy) is 1. The summed E-state index contributed by atoms with van der Waals surface area (Å²) in [7, 11) is 0. The van der Waals surface area contributed by atoms with Gasteiger partial charge in [0, 0.05) is 25.2 Å². The van der Waals surface area contributed by atoms with Crippen molar-refractivity contribution in [2.75, 3.05) is 25.0 Å². The fourth-order valence-corrected chi connectivity index (χ4v) is 3.63. The lowest BCUT2D eigenvalue weighted by Crippen LogP contribution is -2.47. The SMILES string of the molecule is Cc1ccc(NC(=O)NC[C@@H]2CCCN([C@H]3C[C@@H](C)OC3=O)C2)cc1. The van der Waals surface area contributed by atoms with Crippen LogP contribution in [0.5, 0.6) is 0 Å². The molecule has 3 atom stereocenters. The number of nitrogens with zero attached hydrogens (tertiary/aromatic N) is 1. The number of amides is 2. The summed E-state index contributed by atoms with van der Waals surface area (Å²) >= 11 is 0. The van der Waals surface area contributed by atoms with Crippen LogP contribution in [0.3, 0.4) is 0 Å². The third-order valence-corrected chi connectivity index (χ3v) is 5.00. The van der Waals surface area contributed by atoms with E-state index in [2.05, 4.69) is 15.5 Å². The molecule has 2 N–H and O–H groups in total. The van der Waals surface area contributed by atoms with Gasteiger partial charge in [0.05, 0.1) is 0 Å². The van der Waals surface area contributed by atoms with Crippen molar-refractivity contribution in [1.82, 2.24) is 10.2 Å². The van der Waals surface area contributed by atoms with Gasteiger partial charge in [-0.2, -0.15) is 0 Å². The van der Waals surface area contributed by atoms with Crippen LogP contribution in [0, 0.1) is 12.8 Å². The van der Waals surface area contributed by atoms with Gasteiger partial charge < -0.3 is 15.4 Å². The molecular weight excluding hydrogens is 318 g/mol. The summed E-state index contributed by atoms with van der Waals surface area (Å²) in [4.78, 5) is 26.2. The van der Waals surface area contributed by atoms with Crippen LogP contribution in [0.2, 0.25) is 0 Å². The second kappa shape index (κ2) is 7.87. The molecule has 136 valence electrons. The molecule has 2 fully saturated rings. The molecule has 6 nitrogen and oxygen atoms in total. The molecule has 0 spiro atoms. The van der Waals surface area contributed by atoms with Gasteiger partial charge in [0.15, 0.2) is 0 Å². The Bertz CT molecular complexity index is 617. The Balaban J connectivity index is 1.45. The summed E-state index contributed by atoms with van der Waals surface area (Å²) in [6.07, 6.45) is 2.89. The van der Waals surface area contributed by atoms with Crippen LogP contribution < -0.4 is 10.6 Å². The van der Waals surface area contributed by atoms with Crippen LogP contribution in [0.15, 0.2) is 24.3 Å². The van der Waals surface area contributed by atoms with Crippen LogP contribution >= 0.6 is 0 Å². The Hall–Kier alpha value is -2.08. The Morgan fingerprint density at radius 2 is 2.08 bits per heavy atom. The van der Waals surface area contributed by atoms with E-state index in [0.717, 1.165) is 43.6 Å². The molecule has 2 saturated heterocycles. The minimum Gasteiger partial charge on any atom is -0.461 e. The van der Waals surface area contributed by atoms with Gasteiger partial charge in [-0.15, -0.1) is 0 Å². The molecule has 0 radical (unpaired) electrons.